The summed E-state index contributed by atoms with van der Waals surface area (Å²) in [6.45, 7) is 6.72. The van der Waals surface area contributed by atoms with E-state index in [1.54, 1.807) is 0 Å². The molecule has 0 bridgehead atoms. The standard InChI is InChI=1S/C15H24O2/c1-10-4-7-15-8-11(16)5-6-14(10,15)9-12(17)13(15,2)3/h10,12,17H,4-9H2,1-3H3/t10-,12-,14-,15+/m1/s1. The largest absolute Gasteiger partial charge is 0.393 e. The molecule has 0 spiro atoms. The number of carbonyl (C=O) groups is 1. The molecule has 4 atom stereocenters. The Kier molecular flexibility index (Phi) is 2.16. The lowest BCUT2D eigenvalue weighted by molar-refractivity contribution is -0.135. The average molecular weight is 236 g/mol. The molecule has 0 aliphatic heterocycles. The Morgan fingerprint density at radius 2 is 2.00 bits per heavy atom. The van der Waals surface area contributed by atoms with Gasteiger partial charge in [0.15, 0.2) is 0 Å². The Balaban J connectivity index is 2.15. The first-order valence-electron chi connectivity index (χ1n) is 7.05. The fourth-order valence-corrected chi connectivity index (χ4v) is 5.61. The maximum absolute atomic E-state index is 12.0. The van der Waals surface area contributed by atoms with Gasteiger partial charge in [-0.2, -0.15) is 0 Å². The second kappa shape index (κ2) is 3.14. The summed E-state index contributed by atoms with van der Waals surface area (Å²) in [5.41, 5.74) is 0.256. The van der Waals surface area contributed by atoms with Crippen molar-refractivity contribution in [1.29, 1.82) is 0 Å². The third kappa shape index (κ3) is 1.09. The number of carbonyl (C=O) groups excluding carboxylic acids is 1. The summed E-state index contributed by atoms with van der Waals surface area (Å²) >= 11 is 0. The quantitative estimate of drug-likeness (QED) is 0.702. The minimum atomic E-state index is -0.226. The summed E-state index contributed by atoms with van der Waals surface area (Å²) in [6.07, 6.45) is 5.57. The van der Waals surface area contributed by atoms with Crippen LogP contribution >= 0.6 is 0 Å². The normalized spacial score (nSPS) is 52.4. The molecular formula is C15H24O2. The molecular weight excluding hydrogens is 212 g/mol. The van der Waals surface area contributed by atoms with E-state index >= 15 is 0 Å². The van der Waals surface area contributed by atoms with Gasteiger partial charge in [0.05, 0.1) is 6.10 Å². The highest BCUT2D eigenvalue weighted by Crippen LogP contribution is 2.76. The molecule has 0 aromatic rings. The Hall–Kier alpha value is -0.370. The number of aliphatic hydroxyl groups excluding tert-OH is 1. The molecule has 0 radical (unpaired) electrons. The fourth-order valence-electron chi connectivity index (χ4n) is 5.61. The van der Waals surface area contributed by atoms with Crippen molar-refractivity contribution in [3.05, 3.63) is 0 Å². The topological polar surface area (TPSA) is 37.3 Å². The summed E-state index contributed by atoms with van der Waals surface area (Å²) in [5, 5.41) is 10.5. The van der Waals surface area contributed by atoms with Gasteiger partial charge >= 0.3 is 0 Å². The van der Waals surface area contributed by atoms with Gasteiger partial charge in [0.2, 0.25) is 0 Å². The van der Waals surface area contributed by atoms with E-state index in [-0.39, 0.29) is 22.3 Å². The van der Waals surface area contributed by atoms with Crippen LogP contribution in [0.4, 0.5) is 0 Å². The maximum Gasteiger partial charge on any atom is 0.133 e. The predicted octanol–water partition coefficient (Wildman–Crippen LogP) is 2.93. The van der Waals surface area contributed by atoms with E-state index in [1.165, 1.54) is 6.42 Å². The molecule has 3 rings (SSSR count). The van der Waals surface area contributed by atoms with Gasteiger partial charge in [-0.25, -0.2) is 0 Å². The van der Waals surface area contributed by atoms with E-state index < -0.39 is 0 Å². The molecule has 17 heavy (non-hydrogen) atoms. The monoisotopic (exact) mass is 236 g/mol. The molecule has 0 saturated heterocycles. The Morgan fingerprint density at radius 1 is 1.29 bits per heavy atom. The Labute approximate surface area is 104 Å². The molecule has 1 N–H and O–H groups in total. The SMILES string of the molecule is C[C@@H]1CC[C@@]23CC(=O)CC[C@@]12C[C@@H](O)C3(C)C. The molecule has 2 heteroatoms. The van der Waals surface area contributed by atoms with Crippen molar-refractivity contribution >= 4 is 5.78 Å². The summed E-state index contributed by atoms with van der Waals surface area (Å²) in [4.78, 5) is 12.0. The Bertz CT molecular complexity index is 373. The molecule has 3 aliphatic rings. The summed E-state index contributed by atoms with van der Waals surface area (Å²) in [6, 6.07) is 0. The lowest BCUT2D eigenvalue weighted by Gasteiger charge is -2.52. The number of rotatable bonds is 0. The molecule has 3 fully saturated rings. The first-order chi connectivity index (χ1) is 7.86. The smallest absolute Gasteiger partial charge is 0.133 e. The van der Waals surface area contributed by atoms with Gasteiger partial charge in [0, 0.05) is 12.8 Å². The fraction of sp³-hybridized carbons (Fsp3) is 0.933. The van der Waals surface area contributed by atoms with Crippen LogP contribution < -0.4 is 0 Å². The van der Waals surface area contributed by atoms with Crippen LogP contribution in [0.3, 0.4) is 0 Å². The second-order valence-corrected chi connectivity index (χ2v) is 7.34. The second-order valence-electron chi connectivity index (χ2n) is 7.34. The lowest BCUT2D eigenvalue weighted by atomic mass is 9.51. The Morgan fingerprint density at radius 3 is 2.71 bits per heavy atom. The van der Waals surface area contributed by atoms with E-state index in [0.717, 1.165) is 32.1 Å². The van der Waals surface area contributed by atoms with Crippen molar-refractivity contribution in [3.8, 4) is 0 Å². The van der Waals surface area contributed by atoms with Crippen LogP contribution in [0.25, 0.3) is 0 Å². The first-order valence-corrected chi connectivity index (χ1v) is 7.05. The van der Waals surface area contributed by atoms with Crippen molar-refractivity contribution in [2.45, 2.75) is 65.4 Å². The van der Waals surface area contributed by atoms with E-state index in [4.69, 9.17) is 0 Å². The minimum Gasteiger partial charge on any atom is -0.393 e. The molecule has 0 amide bonds. The van der Waals surface area contributed by atoms with Gasteiger partial charge in [-0.1, -0.05) is 20.8 Å². The number of hydrogen-bond acceptors (Lipinski definition) is 2. The van der Waals surface area contributed by atoms with Crippen LogP contribution in [0.1, 0.15) is 59.3 Å². The van der Waals surface area contributed by atoms with E-state index in [9.17, 15) is 9.90 Å². The van der Waals surface area contributed by atoms with Crippen LogP contribution in [0.5, 0.6) is 0 Å². The van der Waals surface area contributed by atoms with Crippen LogP contribution in [0.15, 0.2) is 0 Å². The summed E-state index contributed by atoms with van der Waals surface area (Å²) in [7, 11) is 0. The third-order valence-electron chi connectivity index (χ3n) is 6.87. The first kappa shape index (κ1) is 11.7. The molecule has 0 aromatic carbocycles. The summed E-state index contributed by atoms with van der Waals surface area (Å²) in [5.74, 6) is 1.10. The van der Waals surface area contributed by atoms with Gasteiger partial charge in [-0.15, -0.1) is 0 Å². The van der Waals surface area contributed by atoms with E-state index in [1.807, 2.05) is 0 Å². The van der Waals surface area contributed by atoms with E-state index in [2.05, 4.69) is 20.8 Å². The van der Waals surface area contributed by atoms with Crippen molar-refractivity contribution in [2.75, 3.05) is 0 Å². The molecule has 0 heterocycles. The zero-order chi connectivity index (χ0) is 12.5. The number of hydrogen-bond donors (Lipinski definition) is 1. The molecule has 0 unspecified atom stereocenters. The van der Waals surface area contributed by atoms with Gasteiger partial charge in [0.25, 0.3) is 0 Å². The zero-order valence-corrected chi connectivity index (χ0v) is 11.3. The summed E-state index contributed by atoms with van der Waals surface area (Å²) < 4.78 is 0. The van der Waals surface area contributed by atoms with Crippen molar-refractivity contribution in [3.63, 3.8) is 0 Å². The lowest BCUT2D eigenvalue weighted by Crippen LogP contribution is -2.49. The highest BCUT2D eigenvalue weighted by Gasteiger charge is 2.72. The van der Waals surface area contributed by atoms with Crippen LogP contribution in [-0.4, -0.2) is 17.0 Å². The molecule has 3 saturated carbocycles. The van der Waals surface area contributed by atoms with Crippen molar-refractivity contribution < 1.29 is 9.90 Å². The number of aliphatic hydroxyl groups is 1. The van der Waals surface area contributed by atoms with E-state index in [0.29, 0.717) is 11.7 Å². The number of Topliss-reactive ketones (excluding diaryl/α,β-unsaturated/α-hetero) is 1. The van der Waals surface area contributed by atoms with Crippen LogP contribution in [0.2, 0.25) is 0 Å². The molecule has 0 aromatic heterocycles. The average Bonchev–Trinajstić information content (AvgIpc) is 2.63. The predicted molar refractivity (Wildman–Crippen MR) is 66.5 cm³/mol. The van der Waals surface area contributed by atoms with Crippen LogP contribution in [-0.2, 0) is 4.79 Å². The van der Waals surface area contributed by atoms with Crippen molar-refractivity contribution in [1.82, 2.24) is 0 Å². The third-order valence-corrected chi connectivity index (χ3v) is 6.87. The van der Waals surface area contributed by atoms with Crippen LogP contribution in [0, 0.1) is 22.2 Å². The zero-order valence-electron chi connectivity index (χ0n) is 11.3. The maximum atomic E-state index is 12.0. The van der Waals surface area contributed by atoms with Crippen molar-refractivity contribution in [2.24, 2.45) is 22.2 Å². The number of ketones is 1. The molecule has 96 valence electrons. The highest BCUT2D eigenvalue weighted by atomic mass is 16.3. The highest BCUT2D eigenvalue weighted by molar-refractivity contribution is 5.81. The van der Waals surface area contributed by atoms with Gasteiger partial charge in [0.1, 0.15) is 5.78 Å². The molecule has 3 aliphatic carbocycles. The van der Waals surface area contributed by atoms with Gasteiger partial charge < -0.3 is 5.11 Å². The molecule has 2 nitrogen and oxygen atoms in total. The minimum absolute atomic E-state index is 0.0894. The van der Waals surface area contributed by atoms with Gasteiger partial charge in [-0.3, -0.25) is 4.79 Å². The van der Waals surface area contributed by atoms with Gasteiger partial charge in [-0.05, 0) is 47.8 Å².